The lowest BCUT2D eigenvalue weighted by Crippen LogP contribution is -2.38. The molecule has 2 nitrogen and oxygen atoms in total. The van der Waals surface area contributed by atoms with E-state index < -0.39 is 5.60 Å². The standard InChI is InChI=1S/C11H23NO/c1-3-11(2,13)9-12-8-7-10-5-4-6-10/h10,12-13H,3-9H2,1-2H3. The monoisotopic (exact) mass is 185 g/mol. The normalized spacial score (nSPS) is 22.4. The smallest absolute Gasteiger partial charge is 0.0740 e. The first-order valence-electron chi connectivity index (χ1n) is 5.57. The molecule has 0 radical (unpaired) electrons. The van der Waals surface area contributed by atoms with Crippen molar-refractivity contribution < 1.29 is 5.11 Å². The Balaban J connectivity index is 1.93. The van der Waals surface area contributed by atoms with Crippen molar-refractivity contribution in [2.75, 3.05) is 13.1 Å². The van der Waals surface area contributed by atoms with Crippen molar-refractivity contribution in [1.29, 1.82) is 0 Å². The van der Waals surface area contributed by atoms with Crippen LogP contribution in [0.4, 0.5) is 0 Å². The Kier molecular flexibility index (Phi) is 4.20. The molecule has 1 unspecified atom stereocenters. The minimum absolute atomic E-state index is 0.514. The maximum absolute atomic E-state index is 9.70. The summed E-state index contributed by atoms with van der Waals surface area (Å²) >= 11 is 0. The summed E-state index contributed by atoms with van der Waals surface area (Å²) in [6.45, 7) is 5.72. The Hall–Kier alpha value is -0.0800. The summed E-state index contributed by atoms with van der Waals surface area (Å²) in [7, 11) is 0. The number of rotatable bonds is 6. The topological polar surface area (TPSA) is 32.3 Å². The lowest BCUT2D eigenvalue weighted by Gasteiger charge is -2.26. The first kappa shape index (κ1) is 11.0. The second-order valence-electron chi connectivity index (χ2n) is 4.61. The minimum Gasteiger partial charge on any atom is -0.389 e. The molecule has 0 saturated heterocycles. The second-order valence-corrected chi connectivity index (χ2v) is 4.61. The van der Waals surface area contributed by atoms with Crippen molar-refractivity contribution in [3.8, 4) is 0 Å². The van der Waals surface area contributed by atoms with Gasteiger partial charge in [-0.05, 0) is 32.2 Å². The highest BCUT2D eigenvalue weighted by Crippen LogP contribution is 2.28. The van der Waals surface area contributed by atoms with Gasteiger partial charge in [0.1, 0.15) is 0 Å². The van der Waals surface area contributed by atoms with Gasteiger partial charge >= 0.3 is 0 Å². The van der Waals surface area contributed by atoms with Crippen LogP contribution in [0, 0.1) is 5.92 Å². The molecule has 0 heterocycles. The average molecular weight is 185 g/mol. The molecule has 0 aromatic carbocycles. The summed E-state index contributed by atoms with van der Waals surface area (Å²) in [6.07, 6.45) is 6.39. The van der Waals surface area contributed by atoms with Gasteiger partial charge in [-0.15, -0.1) is 0 Å². The van der Waals surface area contributed by atoms with Crippen LogP contribution in [0.25, 0.3) is 0 Å². The molecule has 2 heteroatoms. The van der Waals surface area contributed by atoms with Crippen molar-refractivity contribution in [2.24, 2.45) is 5.92 Å². The second kappa shape index (κ2) is 4.97. The van der Waals surface area contributed by atoms with E-state index in [1.165, 1.54) is 25.7 Å². The van der Waals surface area contributed by atoms with Crippen molar-refractivity contribution in [3.63, 3.8) is 0 Å². The molecule has 0 aromatic heterocycles. The highest BCUT2D eigenvalue weighted by molar-refractivity contribution is 4.75. The van der Waals surface area contributed by atoms with Crippen LogP contribution in [-0.4, -0.2) is 23.8 Å². The van der Waals surface area contributed by atoms with E-state index in [0.717, 1.165) is 25.4 Å². The fourth-order valence-electron chi connectivity index (χ4n) is 1.57. The van der Waals surface area contributed by atoms with Gasteiger partial charge < -0.3 is 10.4 Å². The molecule has 0 aliphatic heterocycles. The van der Waals surface area contributed by atoms with E-state index in [1.54, 1.807) is 0 Å². The third-order valence-electron chi connectivity index (χ3n) is 3.22. The number of hydrogen-bond acceptors (Lipinski definition) is 2. The van der Waals surface area contributed by atoms with Crippen LogP contribution in [0.2, 0.25) is 0 Å². The SMILES string of the molecule is CCC(C)(O)CNCCC1CCC1. The third-order valence-corrected chi connectivity index (χ3v) is 3.22. The first-order valence-corrected chi connectivity index (χ1v) is 5.57. The van der Waals surface area contributed by atoms with Crippen LogP contribution < -0.4 is 5.32 Å². The Labute approximate surface area is 81.7 Å². The quantitative estimate of drug-likeness (QED) is 0.620. The van der Waals surface area contributed by atoms with Gasteiger partial charge in [0.15, 0.2) is 0 Å². The van der Waals surface area contributed by atoms with Crippen molar-refractivity contribution in [1.82, 2.24) is 5.32 Å². The highest BCUT2D eigenvalue weighted by atomic mass is 16.3. The molecular formula is C11H23NO. The molecule has 1 aliphatic rings. The molecule has 1 rings (SSSR count). The van der Waals surface area contributed by atoms with E-state index in [1.807, 2.05) is 13.8 Å². The molecule has 13 heavy (non-hydrogen) atoms. The molecule has 78 valence electrons. The Morgan fingerprint density at radius 1 is 1.46 bits per heavy atom. The maximum atomic E-state index is 9.70. The maximum Gasteiger partial charge on any atom is 0.0740 e. The lowest BCUT2D eigenvalue weighted by atomic mass is 9.83. The molecule has 0 bridgehead atoms. The van der Waals surface area contributed by atoms with Gasteiger partial charge in [0.2, 0.25) is 0 Å². The average Bonchev–Trinajstić information content (AvgIpc) is 2.01. The summed E-state index contributed by atoms with van der Waals surface area (Å²) in [5, 5.41) is 13.0. The molecule has 1 aliphatic carbocycles. The van der Waals surface area contributed by atoms with Gasteiger partial charge in [-0.25, -0.2) is 0 Å². The van der Waals surface area contributed by atoms with Crippen LogP contribution in [-0.2, 0) is 0 Å². The summed E-state index contributed by atoms with van der Waals surface area (Å²) in [6, 6.07) is 0. The fourth-order valence-corrected chi connectivity index (χ4v) is 1.57. The Bertz CT molecular complexity index is 141. The van der Waals surface area contributed by atoms with E-state index in [2.05, 4.69) is 5.32 Å². The molecular weight excluding hydrogens is 162 g/mol. The number of aliphatic hydroxyl groups is 1. The van der Waals surface area contributed by atoms with Crippen LogP contribution in [0.1, 0.15) is 46.0 Å². The zero-order valence-corrected chi connectivity index (χ0v) is 8.97. The van der Waals surface area contributed by atoms with Crippen molar-refractivity contribution in [2.45, 2.75) is 51.6 Å². The molecule has 2 N–H and O–H groups in total. The number of hydrogen-bond donors (Lipinski definition) is 2. The predicted molar refractivity (Wildman–Crippen MR) is 55.7 cm³/mol. The van der Waals surface area contributed by atoms with Gasteiger partial charge in [0, 0.05) is 6.54 Å². The highest BCUT2D eigenvalue weighted by Gasteiger charge is 2.18. The van der Waals surface area contributed by atoms with Crippen LogP contribution in [0.3, 0.4) is 0 Å². The fraction of sp³-hybridized carbons (Fsp3) is 1.00. The summed E-state index contributed by atoms with van der Waals surface area (Å²) in [5.74, 6) is 0.971. The van der Waals surface area contributed by atoms with Gasteiger partial charge in [-0.3, -0.25) is 0 Å². The van der Waals surface area contributed by atoms with Gasteiger partial charge in [-0.2, -0.15) is 0 Å². The minimum atomic E-state index is -0.514. The molecule has 0 amide bonds. The van der Waals surface area contributed by atoms with Gasteiger partial charge in [0.05, 0.1) is 5.60 Å². The largest absolute Gasteiger partial charge is 0.389 e. The van der Waals surface area contributed by atoms with E-state index in [9.17, 15) is 5.11 Å². The van der Waals surface area contributed by atoms with Gasteiger partial charge in [0.25, 0.3) is 0 Å². The summed E-state index contributed by atoms with van der Waals surface area (Å²) < 4.78 is 0. The van der Waals surface area contributed by atoms with Gasteiger partial charge in [-0.1, -0.05) is 26.2 Å². The lowest BCUT2D eigenvalue weighted by molar-refractivity contribution is 0.0553. The van der Waals surface area contributed by atoms with Crippen molar-refractivity contribution in [3.05, 3.63) is 0 Å². The van der Waals surface area contributed by atoms with Crippen molar-refractivity contribution >= 4 is 0 Å². The zero-order chi connectivity index (χ0) is 9.73. The first-order chi connectivity index (χ1) is 6.14. The van der Waals surface area contributed by atoms with E-state index in [4.69, 9.17) is 0 Å². The Morgan fingerprint density at radius 3 is 2.62 bits per heavy atom. The summed E-state index contributed by atoms with van der Waals surface area (Å²) in [5.41, 5.74) is -0.514. The molecule has 0 spiro atoms. The third kappa shape index (κ3) is 4.10. The van der Waals surface area contributed by atoms with Crippen LogP contribution in [0.5, 0.6) is 0 Å². The Morgan fingerprint density at radius 2 is 2.15 bits per heavy atom. The predicted octanol–water partition coefficient (Wildman–Crippen LogP) is 1.93. The summed E-state index contributed by atoms with van der Waals surface area (Å²) in [4.78, 5) is 0. The van der Waals surface area contributed by atoms with Crippen LogP contribution >= 0.6 is 0 Å². The number of nitrogens with one attached hydrogen (secondary N) is 1. The zero-order valence-electron chi connectivity index (χ0n) is 8.97. The van der Waals surface area contributed by atoms with Crippen LogP contribution in [0.15, 0.2) is 0 Å². The molecule has 1 fully saturated rings. The molecule has 0 aromatic rings. The van der Waals surface area contributed by atoms with E-state index in [0.29, 0.717) is 0 Å². The molecule has 1 atom stereocenters. The molecule has 1 saturated carbocycles. The van der Waals surface area contributed by atoms with E-state index in [-0.39, 0.29) is 0 Å². The van der Waals surface area contributed by atoms with E-state index >= 15 is 0 Å².